The van der Waals surface area contributed by atoms with Crippen molar-refractivity contribution < 1.29 is 9.37 Å². The smallest absolute Gasteiger partial charge is 0.380 e. The molecule has 1 heterocycles. The zero-order chi connectivity index (χ0) is 10.8. The van der Waals surface area contributed by atoms with E-state index in [4.69, 9.17) is 5.73 Å². The van der Waals surface area contributed by atoms with E-state index in [1.165, 1.54) is 11.5 Å². The summed E-state index contributed by atoms with van der Waals surface area (Å²) in [5, 5.41) is 3.02. The first-order valence-electron chi connectivity index (χ1n) is 4.64. The van der Waals surface area contributed by atoms with Gasteiger partial charge < -0.3 is 11.1 Å². The van der Waals surface area contributed by atoms with Crippen LogP contribution < -0.4 is 11.1 Å². The molecule has 1 aromatic rings. The summed E-state index contributed by atoms with van der Waals surface area (Å²) in [5.41, 5.74) is 7.55. The van der Waals surface area contributed by atoms with Crippen LogP contribution in [0.15, 0.2) is 36.3 Å². The minimum absolute atomic E-state index is 0.0727. The van der Waals surface area contributed by atoms with E-state index in [0.29, 0.717) is 5.82 Å². The van der Waals surface area contributed by atoms with Crippen molar-refractivity contribution in [3.05, 3.63) is 41.8 Å². The predicted octanol–water partition coefficient (Wildman–Crippen LogP) is 0.848. The lowest BCUT2D eigenvalue weighted by Gasteiger charge is -2.03. The average molecular weight is 202 g/mol. The summed E-state index contributed by atoms with van der Waals surface area (Å²) in [6, 6.07) is 7.66. The summed E-state index contributed by atoms with van der Waals surface area (Å²) >= 11 is 0. The standard InChI is InChI=1S/C11H11N3O/c1-8(15)14-6-9-4-2-3-5-10(9)13-11(12)7-14/h2-7H,12H2,1H3/p+1. The summed E-state index contributed by atoms with van der Waals surface area (Å²) in [6.07, 6.45) is 3.33. The fourth-order valence-electron chi connectivity index (χ4n) is 1.43. The first-order valence-corrected chi connectivity index (χ1v) is 4.64. The van der Waals surface area contributed by atoms with Crippen molar-refractivity contribution in [2.45, 2.75) is 6.92 Å². The van der Waals surface area contributed by atoms with Crippen LogP contribution >= 0.6 is 0 Å². The van der Waals surface area contributed by atoms with E-state index in [2.05, 4.69) is 5.32 Å². The van der Waals surface area contributed by atoms with E-state index in [1.807, 2.05) is 24.3 Å². The minimum atomic E-state index is -0.0727. The number of nitrogens with one attached hydrogen (secondary N) is 1. The first kappa shape index (κ1) is 9.45. The minimum Gasteiger partial charge on any atom is -0.380 e. The van der Waals surface area contributed by atoms with Crippen molar-refractivity contribution in [1.82, 2.24) is 0 Å². The van der Waals surface area contributed by atoms with Crippen molar-refractivity contribution >= 4 is 17.8 Å². The molecule has 15 heavy (non-hydrogen) atoms. The largest absolute Gasteiger partial charge is 0.389 e. The maximum absolute atomic E-state index is 11.3. The Morgan fingerprint density at radius 1 is 1.40 bits per heavy atom. The molecule has 1 amide bonds. The van der Waals surface area contributed by atoms with Crippen LogP contribution in [0.2, 0.25) is 0 Å². The number of amides is 1. The molecule has 1 aliphatic rings. The highest BCUT2D eigenvalue weighted by Crippen LogP contribution is 2.15. The quantitative estimate of drug-likeness (QED) is 0.613. The predicted molar refractivity (Wildman–Crippen MR) is 58.4 cm³/mol. The van der Waals surface area contributed by atoms with Gasteiger partial charge in [0.15, 0.2) is 12.0 Å². The highest BCUT2D eigenvalue weighted by atomic mass is 16.1. The van der Waals surface area contributed by atoms with Gasteiger partial charge >= 0.3 is 5.91 Å². The van der Waals surface area contributed by atoms with Crippen LogP contribution in [0.3, 0.4) is 0 Å². The molecule has 0 saturated heterocycles. The average Bonchev–Trinajstić information content (AvgIpc) is 2.35. The molecule has 0 atom stereocenters. The van der Waals surface area contributed by atoms with Crippen molar-refractivity contribution in [3.8, 4) is 0 Å². The molecule has 0 saturated carbocycles. The highest BCUT2D eigenvalue weighted by Gasteiger charge is 2.15. The van der Waals surface area contributed by atoms with Gasteiger partial charge in [-0.05, 0) is 12.1 Å². The number of rotatable bonds is 0. The number of anilines is 1. The molecular formula is C11H12N3O+. The SMILES string of the molecule is CC(=O)[N+]1=Cc2ccccc2NC(N)=C1. The molecule has 76 valence electrons. The molecule has 1 aromatic carbocycles. The first-order chi connectivity index (χ1) is 7.16. The van der Waals surface area contributed by atoms with Gasteiger partial charge in [-0.1, -0.05) is 12.1 Å². The lowest BCUT2D eigenvalue weighted by Crippen LogP contribution is -2.15. The maximum atomic E-state index is 11.3. The number of nitrogens with zero attached hydrogens (tertiary/aromatic N) is 1. The zero-order valence-electron chi connectivity index (χ0n) is 8.40. The Hall–Kier alpha value is -2.10. The monoisotopic (exact) mass is 202 g/mol. The molecule has 2 rings (SSSR count). The fraction of sp³-hybridized carbons (Fsp3) is 0.0909. The summed E-state index contributed by atoms with van der Waals surface area (Å²) in [7, 11) is 0. The van der Waals surface area contributed by atoms with Crippen LogP contribution in [0.1, 0.15) is 12.5 Å². The van der Waals surface area contributed by atoms with Gasteiger partial charge in [0.2, 0.25) is 6.20 Å². The lowest BCUT2D eigenvalue weighted by atomic mass is 10.2. The van der Waals surface area contributed by atoms with Crippen molar-refractivity contribution in [2.75, 3.05) is 5.32 Å². The van der Waals surface area contributed by atoms with Crippen LogP contribution in [0.5, 0.6) is 0 Å². The number of hydrogen-bond donors (Lipinski definition) is 2. The Kier molecular flexibility index (Phi) is 2.25. The van der Waals surface area contributed by atoms with Gasteiger partial charge in [0.05, 0.1) is 18.2 Å². The summed E-state index contributed by atoms with van der Waals surface area (Å²) in [5.74, 6) is 0.378. The van der Waals surface area contributed by atoms with Crippen molar-refractivity contribution in [2.24, 2.45) is 5.73 Å². The van der Waals surface area contributed by atoms with Gasteiger partial charge in [-0.2, -0.15) is 0 Å². The molecule has 0 fully saturated rings. The fourth-order valence-corrected chi connectivity index (χ4v) is 1.43. The van der Waals surface area contributed by atoms with Gasteiger partial charge in [0.25, 0.3) is 0 Å². The Balaban J connectivity index is 2.56. The molecule has 1 aliphatic heterocycles. The second-order valence-corrected chi connectivity index (χ2v) is 3.35. The molecular weight excluding hydrogens is 190 g/mol. The molecule has 0 radical (unpaired) electrons. The van der Waals surface area contributed by atoms with Crippen molar-refractivity contribution in [1.29, 1.82) is 0 Å². The van der Waals surface area contributed by atoms with Gasteiger partial charge in [-0.15, -0.1) is 4.58 Å². The van der Waals surface area contributed by atoms with E-state index < -0.39 is 0 Å². The number of hydrogen-bond acceptors (Lipinski definition) is 3. The number of nitrogens with two attached hydrogens (primary N) is 1. The van der Waals surface area contributed by atoms with Crippen LogP contribution in [0.25, 0.3) is 0 Å². The van der Waals surface area contributed by atoms with E-state index in [-0.39, 0.29) is 5.91 Å². The lowest BCUT2D eigenvalue weighted by molar-refractivity contribution is -0.375. The van der Waals surface area contributed by atoms with Gasteiger partial charge in [0, 0.05) is 0 Å². The van der Waals surface area contributed by atoms with Gasteiger partial charge in [0.1, 0.15) is 0 Å². The number of fused-ring (bicyclic) bond motifs is 1. The normalized spacial score (nSPS) is 14.2. The molecule has 3 N–H and O–H groups in total. The van der Waals surface area contributed by atoms with E-state index >= 15 is 0 Å². The van der Waals surface area contributed by atoms with E-state index in [9.17, 15) is 4.79 Å². The third-order valence-corrected chi connectivity index (χ3v) is 2.16. The molecule has 0 unspecified atom stereocenters. The number of benzene rings is 1. The molecule has 0 aliphatic carbocycles. The highest BCUT2D eigenvalue weighted by molar-refractivity contribution is 5.89. The van der Waals surface area contributed by atoms with Crippen LogP contribution in [-0.4, -0.2) is 16.7 Å². The van der Waals surface area contributed by atoms with E-state index in [1.54, 1.807) is 12.4 Å². The summed E-state index contributed by atoms with van der Waals surface area (Å²) in [4.78, 5) is 11.3. The molecule has 0 spiro atoms. The van der Waals surface area contributed by atoms with Gasteiger partial charge in [-0.3, -0.25) is 0 Å². The van der Waals surface area contributed by atoms with E-state index in [0.717, 1.165) is 11.3 Å². The Labute approximate surface area is 87.7 Å². The zero-order valence-corrected chi connectivity index (χ0v) is 8.40. The Morgan fingerprint density at radius 3 is 2.87 bits per heavy atom. The third kappa shape index (κ3) is 1.88. The van der Waals surface area contributed by atoms with Crippen molar-refractivity contribution in [3.63, 3.8) is 0 Å². The second-order valence-electron chi connectivity index (χ2n) is 3.35. The number of carbonyl (C=O) groups excluding carboxylic acids is 1. The third-order valence-electron chi connectivity index (χ3n) is 2.16. The molecule has 0 bridgehead atoms. The summed E-state index contributed by atoms with van der Waals surface area (Å²) in [6.45, 7) is 1.49. The Morgan fingerprint density at radius 2 is 2.13 bits per heavy atom. The Bertz CT molecular complexity index is 474. The number of para-hydroxylation sites is 1. The topological polar surface area (TPSA) is 58.1 Å². The maximum Gasteiger partial charge on any atom is 0.389 e. The summed E-state index contributed by atoms with van der Waals surface area (Å²) < 4.78 is 1.47. The van der Waals surface area contributed by atoms with Gasteiger partial charge in [-0.25, -0.2) is 4.79 Å². The second kappa shape index (κ2) is 3.57. The van der Waals surface area contributed by atoms with Crippen LogP contribution in [0, 0.1) is 0 Å². The molecule has 0 aromatic heterocycles. The number of carbonyl (C=O) groups is 1. The van der Waals surface area contributed by atoms with Crippen LogP contribution in [0.4, 0.5) is 5.69 Å². The molecule has 4 nitrogen and oxygen atoms in total. The molecule has 4 heteroatoms. The van der Waals surface area contributed by atoms with Crippen LogP contribution in [-0.2, 0) is 4.79 Å².